The lowest BCUT2D eigenvalue weighted by Crippen LogP contribution is -2.65. The van der Waals surface area contributed by atoms with Gasteiger partial charge >= 0.3 is 0 Å². The van der Waals surface area contributed by atoms with Crippen molar-refractivity contribution < 1.29 is 34.5 Å². The van der Waals surface area contributed by atoms with Gasteiger partial charge in [-0.3, -0.25) is 24.1 Å². The molecule has 1 fully saturated rings. The molecule has 5 rings (SSSR count). The summed E-state index contributed by atoms with van der Waals surface area (Å²) in [7, 11) is 6.66. The zero-order valence-electron chi connectivity index (χ0n) is 23.5. The Morgan fingerprint density at radius 3 is 2.48 bits per heavy atom. The molecular formula is C29H31N5O8. The average molecular weight is 578 g/mol. The van der Waals surface area contributed by atoms with Gasteiger partial charge in [-0.25, -0.2) is 0 Å². The molecule has 0 bridgehead atoms. The van der Waals surface area contributed by atoms with Crippen LogP contribution < -0.4 is 10.6 Å². The lowest BCUT2D eigenvalue weighted by molar-refractivity contribution is -0.153. The first-order valence-corrected chi connectivity index (χ1v) is 13.2. The van der Waals surface area contributed by atoms with Crippen molar-refractivity contribution in [2.45, 2.75) is 31.0 Å². The number of aldehydes is 1. The van der Waals surface area contributed by atoms with E-state index in [0.29, 0.717) is 28.7 Å². The average Bonchev–Trinajstić information content (AvgIpc) is 3.37. The minimum absolute atomic E-state index is 0.0118. The largest absolute Gasteiger partial charge is 0.508 e. The van der Waals surface area contributed by atoms with E-state index in [1.54, 1.807) is 62.2 Å². The third-order valence-corrected chi connectivity index (χ3v) is 8.61. The zero-order chi connectivity index (χ0) is 30.8. The Hall–Kier alpha value is -4.62. The van der Waals surface area contributed by atoms with Crippen LogP contribution in [-0.2, 0) is 27.3 Å². The summed E-state index contributed by atoms with van der Waals surface area (Å²) in [6, 6.07) is 2.20. The van der Waals surface area contributed by atoms with Gasteiger partial charge in [0.15, 0.2) is 17.7 Å². The smallest absolute Gasteiger partial charge is 0.255 e. The lowest BCUT2D eigenvalue weighted by Gasteiger charge is -2.50. The van der Waals surface area contributed by atoms with Crippen molar-refractivity contribution in [2.24, 2.45) is 22.7 Å². The number of aliphatic hydroxyl groups excluding tert-OH is 2. The van der Waals surface area contributed by atoms with E-state index in [4.69, 9.17) is 5.73 Å². The number of aromatic nitrogens is 1. The summed E-state index contributed by atoms with van der Waals surface area (Å²) >= 11 is 0. The number of ketones is 2. The number of benzene rings is 1. The van der Waals surface area contributed by atoms with Crippen molar-refractivity contribution in [1.29, 1.82) is 0 Å². The topological polar surface area (TPSA) is 196 Å². The molecule has 220 valence electrons. The van der Waals surface area contributed by atoms with Gasteiger partial charge in [0.25, 0.3) is 5.91 Å². The van der Waals surface area contributed by atoms with Gasteiger partial charge in [0.1, 0.15) is 22.8 Å². The molecule has 0 saturated heterocycles. The van der Waals surface area contributed by atoms with Crippen LogP contribution in [0.4, 0.5) is 11.4 Å². The molecule has 0 unspecified atom stereocenters. The highest BCUT2D eigenvalue weighted by atomic mass is 16.3. The molecule has 4 atom stereocenters. The monoisotopic (exact) mass is 577 g/mol. The molecule has 42 heavy (non-hydrogen) atoms. The Bertz CT molecular complexity index is 1630. The molecule has 0 spiro atoms. The SMILES string of the molecule is CN(C)c1cc(Cn2ccc(C=O)c2)c(N=O)c2c1C[C@H]1C[C@H]3[C@H](N(C)C)C(=O)C(C(N)=O)=C(O)[C@@]3(O)C(=O)C1=C2O. The molecule has 5 N–H and O–H groups in total. The maximum absolute atomic E-state index is 14.1. The summed E-state index contributed by atoms with van der Waals surface area (Å²) in [5.74, 6) is -6.78. The van der Waals surface area contributed by atoms with Gasteiger partial charge < -0.3 is 30.5 Å². The van der Waals surface area contributed by atoms with E-state index in [1.165, 1.54) is 4.90 Å². The Kier molecular flexibility index (Phi) is 6.90. The number of aliphatic hydroxyl groups is 3. The van der Waals surface area contributed by atoms with E-state index in [0.717, 1.165) is 0 Å². The summed E-state index contributed by atoms with van der Waals surface area (Å²) in [6.45, 7) is 0.118. The number of nitrogens with two attached hydrogens (primary N) is 1. The second-order valence-electron chi connectivity index (χ2n) is 11.4. The standard InChI is InChI=1S/C29H31N5O8/c1-32(2)18-9-15(11-34-6-5-13(10-34)12-35)22(31-42)20-16(18)7-14-8-17-23(33(3)4)25(37)21(28(30)40)27(39)29(17,41)26(38)19(14)24(20)36/h5-6,9-10,12,14,17,23,36,39,41H,7-8,11H2,1-4H3,(H2,30,40)/t14-,17-,23-,29-/m0/s1. The van der Waals surface area contributed by atoms with Gasteiger partial charge in [0, 0.05) is 61.3 Å². The number of fused-ring (bicyclic) bond motifs is 3. The molecule has 3 aliphatic carbocycles. The number of nitroso groups, excluding NO2 is 1. The third kappa shape index (κ3) is 3.99. The van der Waals surface area contributed by atoms with E-state index in [-0.39, 0.29) is 36.2 Å². The summed E-state index contributed by atoms with van der Waals surface area (Å²) in [5, 5.41) is 37.7. The fraction of sp³-hybridized carbons (Fsp3) is 0.379. The normalized spacial score (nSPS) is 25.2. The van der Waals surface area contributed by atoms with Crippen LogP contribution in [0.1, 0.15) is 33.5 Å². The zero-order valence-corrected chi connectivity index (χ0v) is 23.5. The first-order valence-electron chi connectivity index (χ1n) is 13.2. The highest BCUT2D eigenvalue weighted by Crippen LogP contribution is 2.54. The molecular weight excluding hydrogens is 546 g/mol. The van der Waals surface area contributed by atoms with Crippen molar-refractivity contribution in [1.82, 2.24) is 9.47 Å². The van der Waals surface area contributed by atoms with Crippen LogP contribution in [0.3, 0.4) is 0 Å². The predicted molar refractivity (Wildman–Crippen MR) is 151 cm³/mol. The van der Waals surface area contributed by atoms with Crippen molar-refractivity contribution in [3.05, 3.63) is 68.6 Å². The Morgan fingerprint density at radius 1 is 1.24 bits per heavy atom. The molecule has 3 aliphatic rings. The van der Waals surface area contributed by atoms with Gasteiger partial charge in [-0.05, 0) is 55.7 Å². The molecule has 0 aliphatic heterocycles. The quantitative estimate of drug-likeness (QED) is 0.212. The van der Waals surface area contributed by atoms with Gasteiger partial charge in [-0.1, -0.05) is 0 Å². The first kappa shape index (κ1) is 28.9. The molecule has 0 radical (unpaired) electrons. The van der Waals surface area contributed by atoms with Gasteiger partial charge in [0.05, 0.1) is 11.6 Å². The molecule has 1 aromatic carbocycles. The van der Waals surface area contributed by atoms with Gasteiger partial charge in [-0.15, -0.1) is 4.91 Å². The number of likely N-dealkylation sites (N-methyl/N-ethyl adjacent to an activating group) is 1. The molecule has 2 aromatic rings. The molecule has 1 amide bonds. The van der Waals surface area contributed by atoms with Crippen molar-refractivity contribution in [2.75, 3.05) is 33.1 Å². The van der Waals surface area contributed by atoms with E-state index in [9.17, 15) is 39.4 Å². The number of carbonyl (C=O) groups is 4. The Balaban J connectivity index is 1.74. The molecule has 1 heterocycles. The number of amides is 1. The lowest BCUT2D eigenvalue weighted by atomic mass is 9.57. The van der Waals surface area contributed by atoms with Gasteiger partial charge in [0.2, 0.25) is 5.78 Å². The van der Waals surface area contributed by atoms with Crippen LogP contribution in [0.2, 0.25) is 0 Å². The van der Waals surface area contributed by atoms with Crippen molar-refractivity contribution in [3.63, 3.8) is 0 Å². The summed E-state index contributed by atoms with van der Waals surface area (Å²) in [6.07, 6.45) is 4.07. The number of Topliss-reactive ketones (excluding diaryl/α,β-unsaturated/α-hetero) is 2. The molecule has 13 heteroatoms. The number of anilines is 1. The maximum atomic E-state index is 14.1. The number of primary amides is 1. The number of carbonyl (C=O) groups excluding carboxylic acids is 4. The highest BCUT2D eigenvalue weighted by molar-refractivity contribution is 6.24. The molecule has 1 aromatic heterocycles. The van der Waals surface area contributed by atoms with E-state index >= 15 is 0 Å². The maximum Gasteiger partial charge on any atom is 0.255 e. The van der Waals surface area contributed by atoms with Crippen LogP contribution in [0.25, 0.3) is 5.76 Å². The molecule has 1 saturated carbocycles. The predicted octanol–water partition coefficient (Wildman–Crippen LogP) is 1.38. The number of rotatable bonds is 7. The van der Waals surface area contributed by atoms with E-state index in [2.05, 4.69) is 5.18 Å². The third-order valence-electron chi connectivity index (χ3n) is 8.61. The molecule has 13 nitrogen and oxygen atoms in total. The number of nitrogens with zero attached hydrogens (tertiary/aromatic N) is 4. The fourth-order valence-corrected chi connectivity index (χ4v) is 6.79. The van der Waals surface area contributed by atoms with Crippen molar-refractivity contribution in [3.8, 4) is 0 Å². The van der Waals surface area contributed by atoms with Crippen molar-refractivity contribution >= 4 is 40.9 Å². The second kappa shape index (κ2) is 10.0. The Morgan fingerprint density at radius 2 is 1.93 bits per heavy atom. The second-order valence-corrected chi connectivity index (χ2v) is 11.4. The van der Waals surface area contributed by atoms with E-state index < -0.39 is 58.0 Å². The van der Waals surface area contributed by atoms with Crippen LogP contribution in [0, 0.1) is 16.7 Å². The summed E-state index contributed by atoms with van der Waals surface area (Å²) in [4.78, 5) is 66.3. The number of hydrogen-bond donors (Lipinski definition) is 4. The highest BCUT2D eigenvalue weighted by Gasteiger charge is 2.64. The van der Waals surface area contributed by atoms with Crippen LogP contribution in [0.5, 0.6) is 0 Å². The van der Waals surface area contributed by atoms with Crippen LogP contribution in [0.15, 0.2) is 46.6 Å². The summed E-state index contributed by atoms with van der Waals surface area (Å²) < 4.78 is 1.67. The van der Waals surface area contributed by atoms with E-state index in [1.807, 2.05) is 0 Å². The van der Waals surface area contributed by atoms with Crippen LogP contribution >= 0.6 is 0 Å². The first-order chi connectivity index (χ1) is 19.8. The van der Waals surface area contributed by atoms with Gasteiger partial charge in [-0.2, -0.15) is 0 Å². The fourth-order valence-electron chi connectivity index (χ4n) is 6.79. The number of hydrogen-bond acceptors (Lipinski definition) is 11. The minimum atomic E-state index is -2.72. The summed E-state index contributed by atoms with van der Waals surface area (Å²) in [5.41, 5.74) is 3.47. The minimum Gasteiger partial charge on any atom is -0.508 e. The Labute approximate surface area is 240 Å². The van der Waals surface area contributed by atoms with Crippen LogP contribution in [-0.4, -0.2) is 88.4 Å².